The van der Waals surface area contributed by atoms with E-state index in [0.717, 1.165) is 4.90 Å². The third kappa shape index (κ3) is 3.44. The Hall–Kier alpha value is -3.84. The molecule has 2 aromatic carbocycles. The quantitative estimate of drug-likeness (QED) is 0.823. The molecule has 0 aromatic heterocycles. The molecule has 2 aromatic rings. The maximum atomic E-state index is 12.8. The van der Waals surface area contributed by atoms with Crippen LogP contribution in [0.2, 0.25) is 0 Å². The van der Waals surface area contributed by atoms with Crippen LogP contribution in [0.1, 0.15) is 23.6 Å². The van der Waals surface area contributed by atoms with Crippen molar-refractivity contribution in [3.8, 4) is 17.9 Å². The number of rotatable bonds is 5. The van der Waals surface area contributed by atoms with Gasteiger partial charge in [0.25, 0.3) is 5.91 Å². The highest BCUT2D eigenvalue weighted by molar-refractivity contribution is 6.07. The molecule has 3 amide bonds. The largest absolute Gasteiger partial charge is 0.492 e. The lowest BCUT2D eigenvalue weighted by molar-refractivity contribution is -0.131. The number of carbonyl (C=O) groups is 2. The highest BCUT2D eigenvalue weighted by atomic mass is 16.5. The van der Waals surface area contributed by atoms with Gasteiger partial charge in [-0.25, -0.2) is 4.79 Å². The van der Waals surface area contributed by atoms with Gasteiger partial charge < -0.3 is 10.1 Å². The zero-order chi connectivity index (χ0) is 19.4. The topological polar surface area (TPSA) is 106 Å². The molecular formula is C20H16N4O3. The Labute approximate surface area is 156 Å². The second kappa shape index (κ2) is 7.19. The molecule has 7 heteroatoms. The monoisotopic (exact) mass is 360 g/mol. The van der Waals surface area contributed by atoms with E-state index in [2.05, 4.69) is 5.32 Å². The number of carbonyl (C=O) groups excluding carboxylic acids is 2. The molecule has 1 aliphatic rings. The molecule has 0 saturated carbocycles. The van der Waals surface area contributed by atoms with E-state index in [1.165, 1.54) is 0 Å². The maximum Gasteiger partial charge on any atom is 0.325 e. The zero-order valence-corrected chi connectivity index (χ0v) is 14.6. The first kappa shape index (κ1) is 18.0. The molecule has 1 atom stereocenters. The van der Waals surface area contributed by atoms with Crippen molar-refractivity contribution in [2.45, 2.75) is 12.5 Å². The molecule has 1 saturated heterocycles. The summed E-state index contributed by atoms with van der Waals surface area (Å²) in [7, 11) is 0. The molecule has 1 N–H and O–H groups in total. The number of nitrogens with one attached hydrogen (secondary N) is 1. The first-order chi connectivity index (χ1) is 13.0. The van der Waals surface area contributed by atoms with Gasteiger partial charge in [-0.2, -0.15) is 10.5 Å². The number of amides is 3. The van der Waals surface area contributed by atoms with Gasteiger partial charge in [-0.1, -0.05) is 12.1 Å². The smallest absolute Gasteiger partial charge is 0.325 e. The Morgan fingerprint density at radius 3 is 2.11 bits per heavy atom. The first-order valence-corrected chi connectivity index (χ1v) is 8.25. The Bertz CT molecular complexity index is 955. The standard InChI is InChI=1S/C20H16N4O3/c1-20(16-6-2-14(12-21)3-7-16)18(25)24(19(26)23-20)10-11-27-17-8-4-15(13-22)5-9-17/h2-9H,10-11H2,1H3,(H,23,26). The molecule has 1 aliphatic heterocycles. The fourth-order valence-corrected chi connectivity index (χ4v) is 2.85. The van der Waals surface area contributed by atoms with Gasteiger partial charge in [0.2, 0.25) is 0 Å². The van der Waals surface area contributed by atoms with Crippen LogP contribution in [0.15, 0.2) is 48.5 Å². The van der Waals surface area contributed by atoms with Crippen molar-refractivity contribution in [2.75, 3.05) is 13.2 Å². The summed E-state index contributed by atoms with van der Waals surface area (Å²) in [4.78, 5) is 26.2. The van der Waals surface area contributed by atoms with Crippen LogP contribution in [0.4, 0.5) is 4.79 Å². The third-order valence-corrected chi connectivity index (χ3v) is 4.43. The second-order valence-electron chi connectivity index (χ2n) is 6.19. The predicted octanol–water partition coefficient (Wildman–Crippen LogP) is 2.28. The number of nitriles is 2. The van der Waals surface area contributed by atoms with Crippen LogP contribution in [-0.2, 0) is 10.3 Å². The zero-order valence-electron chi connectivity index (χ0n) is 14.6. The molecule has 1 heterocycles. The van der Waals surface area contributed by atoms with E-state index in [-0.39, 0.29) is 19.1 Å². The van der Waals surface area contributed by atoms with Crippen LogP contribution in [0, 0.1) is 22.7 Å². The van der Waals surface area contributed by atoms with Crippen LogP contribution >= 0.6 is 0 Å². The average Bonchev–Trinajstić information content (AvgIpc) is 2.92. The minimum Gasteiger partial charge on any atom is -0.492 e. The Morgan fingerprint density at radius 1 is 1.00 bits per heavy atom. The van der Waals surface area contributed by atoms with Gasteiger partial charge in [0.15, 0.2) is 0 Å². The van der Waals surface area contributed by atoms with E-state index in [1.807, 2.05) is 12.1 Å². The summed E-state index contributed by atoms with van der Waals surface area (Å²) in [5, 5.41) is 20.4. The summed E-state index contributed by atoms with van der Waals surface area (Å²) in [6.45, 7) is 1.86. The van der Waals surface area contributed by atoms with Gasteiger partial charge in [0.05, 0.1) is 29.8 Å². The van der Waals surface area contributed by atoms with Crippen molar-refractivity contribution in [1.29, 1.82) is 10.5 Å². The van der Waals surface area contributed by atoms with Crippen molar-refractivity contribution in [1.82, 2.24) is 10.2 Å². The summed E-state index contributed by atoms with van der Waals surface area (Å²) in [6.07, 6.45) is 0. The minimum absolute atomic E-state index is 0.0938. The molecule has 0 radical (unpaired) electrons. The summed E-state index contributed by atoms with van der Waals surface area (Å²) in [6, 6.07) is 16.7. The van der Waals surface area contributed by atoms with E-state index in [1.54, 1.807) is 55.5 Å². The highest BCUT2D eigenvalue weighted by Crippen LogP contribution is 2.28. The number of hydrogen-bond acceptors (Lipinski definition) is 5. The van der Waals surface area contributed by atoms with Crippen LogP contribution in [0.5, 0.6) is 5.75 Å². The SMILES string of the molecule is CC1(c2ccc(C#N)cc2)NC(=O)N(CCOc2ccc(C#N)cc2)C1=O. The Morgan fingerprint density at radius 2 is 1.56 bits per heavy atom. The van der Waals surface area contributed by atoms with E-state index in [9.17, 15) is 9.59 Å². The number of hydrogen-bond donors (Lipinski definition) is 1. The van der Waals surface area contributed by atoms with Crippen molar-refractivity contribution in [3.05, 3.63) is 65.2 Å². The average molecular weight is 360 g/mol. The fourth-order valence-electron chi connectivity index (χ4n) is 2.85. The molecule has 0 bridgehead atoms. The molecule has 3 rings (SSSR count). The molecule has 134 valence electrons. The number of nitrogens with zero attached hydrogens (tertiary/aromatic N) is 3. The summed E-state index contributed by atoms with van der Waals surface area (Å²) < 4.78 is 5.55. The first-order valence-electron chi connectivity index (χ1n) is 8.25. The van der Waals surface area contributed by atoms with Crippen LogP contribution < -0.4 is 10.1 Å². The van der Waals surface area contributed by atoms with Crippen molar-refractivity contribution < 1.29 is 14.3 Å². The number of imide groups is 1. The van der Waals surface area contributed by atoms with E-state index in [4.69, 9.17) is 15.3 Å². The molecule has 27 heavy (non-hydrogen) atoms. The summed E-state index contributed by atoms with van der Waals surface area (Å²) in [5.41, 5.74) is 0.427. The van der Waals surface area contributed by atoms with Gasteiger partial charge in [0, 0.05) is 0 Å². The van der Waals surface area contributed by atoms with Crippen molar-refractivity contribution >= 4 is 11.9 Å². The molecule has 0 spiro atoms. The maximum absolute atomic E-state index is 12.8. The molecule has 0 aliphatic carbocycles. The summed E-state index contributed by atoms with van der Waals surface area (Å²) >= 11 is 0. The molecular weight excluding hydrogens is 344 g/mol. The molecule has 7 nitrogen and oxygen atoms in total. The normalized spacial score (nSPS) is 18.6. The Balaban J connectivity index is 1.66. The van der Waals surface area contributed by atoms with Gasteiger partial charge in [-0.05, 0) is 48.9 Å². The van der Waals surface area contributed by atoms with Gasteiger partial charge in [-0.3, -0.25) is 9.69 Å². The van der Waals surface area contributed by atoms with Crippen LogP contribution in [-0.4, -0.2) is 30.0 Å². The number of urea groups is 1. The fraction of sp³-hybridized carbons (Fsp3) is 0.200. The number of ether oxygens (including phenoxy) is 1. The Kier molecular flexibility index (Phi) is 4.78. The predicted molar refractivity (Wildman–Crippen MR) is 95.4 cm³/mol. The van der Waals surface area contributed by atoms with Crippen LogP contribution in [0.25, 0.3) is 0 Å². The molecule has 1 unspecified atom stereocenters. The third-order valence-electron chi connectivity index (χ3n) is 4.43. The lowest BCUT2D eigenvalue weighted by Crippen LogP contribution is -2.41. The van der Waals surface area contributed by atoms with E-state index >= 15 is 0 Å². The van der Waals surface area contributed by atoms with E-state index in [0.29, 0.717) is 22.4 Å². The van der Waals surface area contributed by atoms with Gasteiger partial charge >= 0.3 is 6.03 Å². The highest BCUT2D eigenvalue weighted by Gasteiger charge is 2.48. The van der Waals surface area contributed by atoms with Gasteiger partial charge in [-0.15, -0.1) is 0 Å². The van der Waals surface area contributed by atoms with Crippen molar-refractivity contribution in [3.63, 3.8) is 0 Å². The lowest BCUT2D eigenvalue weighted by atomic mass is 9.91. The molecule has 1 fully saturated rings. The van der Waals surface area contributed by atoms with Crippen molar-refractivity contribution in [2.24, 2.45) is 0 Å². The van der Waals surface area contributed by atoms with E-state index < -0.39 is 11.6 Å². The summed E-state index contributed by atoms with van der Waals surface area (Å²) in [5.74, 6) is 0.177. The van der Waals surface area contributed by atoms with Crippen LogP contribution in [0.3, 0.4) is 0 Å². The minimum atomic E-state index is -1.18. The second-order valence-corrected chi connectivity index (χ2v) is 6.19. The number of benzene rings is 2. The lowest BCUT2D eigenvalue weighted by Gasteiger charge is -2.22. The van der Waals surface area contributed by atoms with Gasteiger partial charge in [0.1, 0.15) is 17.9 Å².